The van der Waals surface area contributed by atoms with Crippen LogP contribution in [-0.4, -0.2) is 25.9 Å². The van der Waals surface area contributed by atoms with Gasteiger partial charge in [0.1, 0.15) is 20.0 Å². The first-order valence-electron chi connectivity index (χ1n) is 3.42. The molecule has 12 heavy (non-hydrogen) atoms. The summed E-state index contributed by atoms with van der Waals surface area (Å²) in [6.07, 6.45) is 0.0309. The third-order valence-corrected chi connectivity index (χ3v) is 1.37. The lowest BCUT2D eigenvalue weighted by Gasteiger charge is -1.95. The van der Waals surface area contributed by atoms with E-state index in [1.54, 1.807) is 6.92 Å². The first-order valence-corrected chi connectivity index (χ1v) is 3.42. The highest BCUT2D eigenvalue weighted by Crippen LogP contribution is 2.00. The predicted octanol–water partition coefficient (Wildman–Crippen LogP) is -0.508. The maximum Gasteiger partial charge on any atom is 0.313 e. The second-order valence-corrected chi connectivity index (χ2v) is 2.29. The maximum absolute atomic E-state index is 10.8. The molecule has 0 aromatic carbocycles. The minimum atomic E-state index is -0.391. The summed E-state index contributed by atoms with van der Waals surface area (Å²) in [5, 5.41) is 0. The maximum atomic E-state index is 10.8. The Morgan fingerprint density at radius 2 is 2.42 bits per heavy atom. The van der Waals surface area contributed by atoms with Gasteiger partial charge < -0.3 is 9.15 Å². The third kappa shape index (κ3) is 1.87. The number of carbonyl (C=O) groups is 1. The molecule has 0 fully saturated rings. The Kier molecular flexibility index (Phi) is 2.52. The van der Waals surface area contributed by atoms with Crippen molar-refractivity contribution in [2.24, 2.45) is 0 Å². The predicted molar refractivity (Wildman–Crippen MR) is 42.3 cm³/mol. The van der Waals surface area contributed by atoms with Crippen LogP contribution in [0.5, 0.6) is 0 Å². The molecule has 0 spiro atoms. The molecule has 0 atom stereocenters. The average molecular weight is 165 g/mol. The third-order valence-electron chi connectivity index (χ3n) is 1.37. The van der Waals surface area contributed by atoms with Crippen molar-refractivity contribution in [3.8, 4) is 0 Å². The Labute approximate surface area is 71.3 Å². The van der Waals surface area contributed by atoms with Crippen LogP contribution in [0.3, 0.4) is 0 Å². The van der Waals surface area contributed by atoms with Crippen molar-refractivity contribution >= 4 is 19.4 Å². The monoisotopic (exact) mass is 165 g/mol. The Morgan fingerprint density at radius 3 is 2.83 bits per heavy atom. The number of aromatic nitrogens is 1. The smallest absolute Gasteiger partial charge is 0.313 e. The van der Waals surface area contributed by atoms with Gasteiger partial charge in [-0.25, -0.2) is 4.98 Å². The van der Waals surface area contributed by atoms with E-state index in [4.69, 9.17) is 12.3 Å². The standard InChI is InChI=1S/C7H8BNO3/c1-4-9-7(8)5(12-4)3-6(10)11-2/h3H2,1-2H3. The van der Waals surface area contributed by atoms with Crippen molar-refractivity contribution in [1.29, 1.82) is 0 Å². The molecule has 4 nitrogen and oxygen atoms in total. The van der Waals surface area contributed by atoms with Crippen LogP contribution >= 0.6 is 0 Å². The molecule has 1 rings (SSSR count). The van der Waals surface area contributed by atoms with Crippen molar-refractivity contribution in [3.05, 3.63) is 11.7 Å². The van der Waals surface area contributed by atoms with Crippen molar-refractivity contribution in [2.75, 3.05) is 7.11 Å². The lowest BCUT2D eigenvalue weighted by atomic mass is 10.0. The summed E-state index contributed by atoms with van der Waals surface area (Å²) >= 11 is 0. The van der Waals surface area contributed by atoms with Crippen LogP contribution in [0, 0.1) is 6.92 Å². The number of oxazole rings is 1. The molecule has 62 valence electrons. The number of carbonyl (C=O) groups excluding carboxylic acids is 1. The van der Waals surface area contributed by atoms with Gasteiger partial charge in [-0.3, -0.25) is 4.79 Å². The Bertz CT molecular complexity index is 295. The van der Waals surface area contributed by atoms with Gasteiger partial charge in [-0.05, 0) is 0 Å². The fourth-order valence-electron chi connectivity index (χ4n) is 0.815. The summed E-state index contributed by atoms with van der Waals surface area (Å²) < 4.78 is 9.49. The molecule has 1 aromatic heterocycles. The van der Waals surface area contributed by atoms with E-state index < -0.39 is 5.97 Å². The minimum absolute atomic E-state index is 0.0309. The Morgan fingerprint density at radius 1 is 1.75 bits per heavy atom. The molecule has 1 heterocycles. The largest absolute Gasteiger partial charge is 0.469 e. The molecule has 0 unspecified atom stereocenters. The fraction of sp³-hybridized carbons (Fsp3) is 0.429. The number of hydrogen-bond donors (Lipinski definition) is 0. The van der Waals surface area contributed by atoms with Crippen molar-refractivity contribution < 1.29 is 13.9 Å². The highest BCUT2D eigenvalue weighted by Gasteiger charge is 2.10. The quantitative estimate of drug-likeness (QED) is 0.437. The van der Waals surface area contributed by atoms with Gasteiger partial charge in [0, 0.05) is 12.5 Å². The van der Waals surface area contributed by atoms with Crippen LogP contribution < -0.4 is 5.59 Å². The first kappa shape index (κ1) is 8.84. The van der Waals surface area contributed by atoms with Crippen LogP contribution in [0.15, 0.2) is 4.42 Å². The van der Waals surface area contributed by atoms with Crippen LogP contribution in [0.25, 0.3) is 0 Å². The van der Waals surface area contributed by atoms with Crippen LogP contribution in [0.4, 0.5) is 0 Å². The number of esters is 1. The molecule has 0 aliphatic carbocycles. The van der Waals surface area contributed by atoms with Crippen LogP contribution in [-0.2, 0) is 16.0 Å². The van der Waals surface area contributed by atoms with E-state index in [-0.39, 0.29) is 12.0 Å². The highest BCUT2D eigenvalue weighted by atomic mass is 16.5. The summed E-state index contributed by atoms with van der Waals surface area (Å²) in [6.45, 7) is 1.66. The second kappa shape index (κ2) is 3.43. The molecule has 0 aliphatic heterocycles. The molecular weight excluding hydrogens is 157 g/mol. The molecule has 5 heteroatoms. The van der Waals surface area contributed by atoms with Gasteiger partial charge >= 0.3 is 5.97 Å². The number of aryl methyl sites for hydroxylation is 1. The van der Waals surface area contributed by atoms with E-state index in [1.807, 2.05) is 0 Å². The number of rotatable bonds is 2. The molecule has 0 saturated carbocycles. The van der Waals surface area contributed by atoms with E-state index in [0.717, 1.165) is 0 Å². The lowest BCUT2D eigenvalue weighted by Crippen LogP contribution is -2.14. The molecule has 2 radical (unpaired) electrons. The van der Waals surface area contributed by atoms with Gasteiger partial charge in [-0.2, -0.15) is 0 Å². The molecule has 0 aliphatic rings. The van der Waals surface area contributed by atoms with E-state index >= 15 is 0 Å². The van der Waals surface area contributed by atoms with E-state index in [0.29, 0.717) is 11.7 Å². The average Bonchev–Trinajstić information content (AvgIpc) is 2.30. The molecular formula is C7H8BNO3. The summed E-state index contributed by atoms with van der Waals surface area (Å²) in [4.78, 5) is 14.6. The van der Waals surface area contributed by atoms with Gasteiger partial charge in [0.15, 0.2) is 5.89 Å². The Balaban J connectivity index is 2.75. The molecule has 1 aromatic rings. The van der Waals surface area contributed by atoms with Crippen molar-refractivity contribution in [3.63, 3.8) is 0 Å². The molecule has 0 N–H and O–H groups in total. The summed E-state index contributed by atoms with van der Waals surface area (Å²) in [5.41, 5.74) is 0.248. The molecule has 0 bridgehead atoms. The topological polar surface area (TPSA) is 52.3 Å². The van der Waals surface area contributed by atoms with Gasteiger partial charge in [0.2, 0.25) is 0 Å². The first-order chi connectivity index (χ1) is 5.63. The van der Waals surface area contributed by atoms with Gasteiger partial charge in [-0.15, -0.1) is 0 Å². The van der Waals surface area contributed by atoms with Crippen molar-refractivity contribution in [1.82, 2.24) is 4.98 Å². The summed E-state index contributed by atoms with van der Waals surface area (Å²) in [6, 6.07) is 0. The zero-order valence-electron chi connectivity index (χ0n) is 6.96. The summed E-state index contributed by atoms with van der Waals surface area (Å²) in [7, 11) is 6.74. The zero-order chi connectivity index (χ0) is 9.14. The number of ether oxygens (including phenoxy) is 1. The molecule has 0 saturated heterocycles. The number of nitrogens with zero attached hydrogens (tertiary/aromatic N) is 1. The molecule has 0 amide bonds. The van der Waals surface area contributed by atoms with E-state index in [1.165, 1.54) is 7.11 Å². The highest BCUT2D eigenvalue weighted by molar-refractivity contribution is 6.31. The zero-order valence-corrected chi connectivity index (χ0v) is 6.96. The lowest BCUT2D eigenvalue weighted by molar-refractivity contribution is -0.140. The number of methoxy groups -OCH3 is 1. The van der Waals surface area contributed by atoms with Gasteiger partial charge in [0.05, 0.1) is 7.11 Å². The second-order valence-electron chi connectivity index (χ2n) is 2.29. The normalized spacial score (nSPS) is 9.83. The number of hydrogen-bond acceptors (Lipinski definition) is 4. The van der Waals surface area contributed by atoms with Crippen LogP contribution in [0.1, 0.15) is 11.7 Å². The summed E-state index contributed by atoms with van der Waals surface area (Å²) in [5.74, 6) is 0.420. The van der Waals surface area contributed by atoms with Gasteiger partial charge in [0.25, 0.3) is 0 Å². The SMILES string of the molecule is [B]c1nc(C)oc1CC(=O)OC. The van der Waals surface area contributed by atoms with E-state index in [2.05, 4.69) is 9.72 Å². The Hall–Kier alpha value is -1.26. The van der Waals surface area contributed by atoms with Gasteiger partial charge in [-0.1, -0.05) is 0 Å². The minimum Gasteiger partial charge on any atom is -0.469 e. The van der Waals surface area contributed by atoms with Crippen molar-refractivity contribution in [2.45, 2.75) is 13.3 Å². The fourth-order valence-corrected chi connectivity index (χ4v) is 0.815. The van der Waals surface area contributed by atoms with E-state index in [9.17, 15) is 4.79 Å². The van der Waals surface area contributed by atoms with Crippen LogP contribution in [0.2, 0.25) is 0 Å².